The highest BCUT2D eigenvalue weighted by Crippen LogP contribution is 2.59. The third kappa shape index (κ3) is 2.50. The van der Waals surface area contributed by atoms with E-state index in [-0.39, 0.29) is 11.5 Å². The number of rotatable bonds is 4. The maximum absolute atomic E-state index is 6.17. The molecular weight excluding hydrogens is 256 g/mol. The fourth-order valence-corrected chi connectivity index (χ4v) is 3.78. The first-order chi connectivity index (χ1) is 8.72. The van der Waals surface area contributed by atoms with Crippen LogP contribution in [-0.4, -0.2) is 21.4 Å². The molecule has 2 atom stereocenters. The lowest BCUT2D eigenvalue weighted by molar-refractivity contribution is -0.499. The summed E-state index contributed by atoms with van der Waals surface area (Å²) >= 11 is 0. The highest BCUT2D eigenvalue weighted by molar-refractivity contribution is 6.69. The molecule has 0 spiro atoms. The van der Waals surface area contributed by atoms with E-state index < -0.39 is 14.3 Å². The number of ether oxygens (including phenoxy) is 2. The zero-order valence-electron chi connectivity index (χ0n) is 12.7. The van der Waals surface area contributed by atoms with Gasteiger partial charge in [0.1, 0.15) is 6.10 Å². The lowest BCUT2D eigenvalue weighted by Gasteiger charge is -2.60. The molecule has 106 valence electrons. The molecule has 1 aliphatic rings. The average Bonchev–Trinajstić information content (AvgIpc) is 2.33. The molecule has 4 heteroatoms. The van der Waals surface area contributed by atoms with Crippen LogP contribution in [0.15, 0.2) is 30.3 Å². The molecule has 0 radical (unpaired) electrons. The molecule has 0 saturated carbocycles. The molecule has 1 saturated heterocycles. The third-order valence-corrected chi connectivity index (χ3v) is 4.41. The van der Waals surface area contributed by atoms with Crippen LogP contribution in [0.2, 0.25) is 19.6 Å². The van der Waals surface area contributed by atoms with Crippen molar-refractivity contribution in [1.29, 1.82) is 0 Å². The van der Waals surface area contributed by atoms with Gasteiger partial charge in [0.2, 0.25) is 0 Å². The molecule has 0 aliphatic carbocycles. The van der Waals surface area contributed by atoms with Crippen LogP contribution in [0.3, 0.4) is 0 Å². The first-order valence-corrected chi connectivity index (χ1v) is 10.1. The summed E-state index contributed by atoms with van der Waals surface area (Å²) in [5.74, 6) is -0.919. The van der Waals surface area contributed by atoms with Crippen molar-refractivity contribution in [3.05, 3.63) is 35.9 Å². The van der Waals surface area contributed by atoms with Crippen LogP contribution in [0.4, 0.5) is 0 Å². The molecule has 1 heterocycles. The standard InChI is InChI=1S/C15H24O3Si/c1-14(2)13(12-10-8-7-9-11-12)17-15(14,16-3)18-19(4,5)6/h7-11,13H,1-6H3/t13-,15+/m1/s1. The minimum Gasteiger partial charge on any atom is -0.369 e. The molecule has 0 N–H and O–H groups in total. The first kappa shape index (κ1) is 14.7. The van der Waals surface area contributed by atoms with Gasteiger partial charge in [0.05, 0.1) is 5.41 Å². The number of benzene rings is 1. The van der Waals surface area contributed by atoms with Gasteiger partial charge >= 0.3 is 0 Å². The van der Waals surface area contributed by atoms with E-state index in [2.05, 4.69) is 45.6 Å². The fourth-order valence-electron chi connectivity index (χ4n) is 2.58. The van der Waals surface area contributed by atoms with Crippen LogP contribution in [0, 0.1) is 5.41 Å². The number of hydrogen-bond acceptors (Lipinski definition) is 3. The van der Waals surface area contributed by atoms with Crippen LogP contribution in [-0.2, 0) is 13.9 Å². The number of hydrogen-bond donors (Lipinski definition) is 0. The Morgan fingerprint density at radius 1 is 1.11 bits per heavy atom. The molecule has 1 aromatic carbocycles. The Bertz CT molecular complexity index is 438. The minimum absolute atomic E-state index is 0.00463. The maximum Gasteiger partial charge on any atom is 0.282 e. The van der Waals surface area contributed by atoms with E-state index >= 15 is 0 Å². The summed E-state index contributed by atoms with van der Waals surface area (Å²) in [6, 6.07) is 10.2. The van der Waals surface area contributed by atoms with E-state index in [0.717, 1.165) is 0 Å². The Labute approximate surface area is 117 Å². The van der Waals surface area contributed by atoms with Gasteiger partial charge in [-0.15, -0.1) is 0 Å². The second-order valence-electron chi connectivity index (χ2n) is 6.61. The van der Waals surface area contributed by atoms with Crippen LogP contribution in [0.1, 0.15) is 25.5 Å². The summed E-state index contributed by atoms with van der Waals surface area (Å²) < 4.78 is 17.8. The van der Waals surface area contributed by atoms with Gasteiger partial charge in [0.25, 0.3) is 5.97 Å². The molecule has 1 fully saturated rings. The molecule has 0 aromatic heterocycles. The second-order valence-corrected chi connectivity index (χ2v) is 11.0. The largest absolute Gasteiger partial charge is 0.369 e. The second kappa shape index (κ2) is 4.70. The van der Waals surface area contributed by atoms with Crippen molar-refractivity contribution in [3.8, 4) is 0 Å². The SMILES string of the molecule is CO[C@]1(O[Si](C)(C)C)O[C@H](c2ccccc2)C1(C)C. The van der Waals surface area contributed by atoms with Crippen LogP contribution in [0.25, 0.3) is 0 Å². The predicted molar refractivity (Wildman–Crippen MR) is 78.2 cm³/mol. The highest BCUT2D eigenvalue weighted by atomic mass is 28.4. The summed E-state index contributed by atoms with van der Waals surface area (Å²) in [6.07, 6.45) is 0.00463. The molecule has 1 aromatic rings. The molecule has 3 nitrogen and oxygen atoms in total. The fraction of sp³-hybridized carbons (Fsp3) is 0.600. The van der Waals surface area contributed by atoms with Crippen molar-refractivity contribution in [2.24, 2.45) is 5.41 Å². The topological polar surface area (TPSA) is 27.7 Å². The molecular formula is C15H24O3Si. The maximum atomic E-state index is 6.17. The summed E-state index contributed by atoms with van der Waals surface area (Å²) in [5, 5.41) is 0. The Hall–Kier alpha value is -0.683. The zero-order valence-corrected chi connectivity index (χ0v) is 13.7. The normalized spacial score (nSPS) is 29.9. The minimum atomic E-state index is -1.75. The van der Waals surface area contributed by atoms with Gasteiger partial charge in [-0.05, 0) is 39.1 Å². The quantitative estimate of drug-likeness (QED) is 0.617. The lowest BCUT2D eigenvalue weighted by Crippen LogP contribution is -2.67. The van der Waals surface area contributed by atoms with Crippen molar-refractivity contribution in [1.82, 2.24) is 0 Å². The Balaban J connectivity index is 2.24. The monoisotopic (exact) mass is 280 g/mol. The average molecular weight is 280 g/mol. The first-order valence-electron chi connectivity index (χ1n) is 6.70. The van der Waals surface area contributed by atoms with Gasteiger partial charge in [-0.2, -0.15) is 0 Å². The van der Waals surface area contributed by atoms with Crippen molar-refractivity contribution in [2.75, 3.05) is 7.11 Å². The van der Waals surface area contributed by atoms with E-state index in [1.807, 2.05) is 18.2 Å². The van der Waals surface area contributed by atoms with Gasteiger partial charge < -0.3 is 13.9 Å². The summed E-state index contributed by atoms with van der Waals surface area (Å²) in [4.78, 5) is 0. The predicted octanol–water partition coefficient (Wildman–Crippen LogP) is 3.94. The van der Waals surface area contributed by atoms with Crippen molar-refractivity contribution >= 4 is 8.32 Å². The van der Waals surface area contributed by atoms with E-state index in [9.17, 15) is 0 Å². The Kier molecular flexibility index (Phi) is 3.64. The molecule has 0 amide bonds. The summed E-state index contributed by atoms with van der Waals surface area (Å²) in [7, 11) is -0.0968. The van der Waals surface area contributed by atoms with E-state index in [0.29, 0.717) is 0 Å². The van der Waals surface area contributed by atoms with E-state index in [4.69, 9.17) is 13.9 Å². The molecule has 2 rings (SSSR count). The molecule has 0 bridgehead atoms. The van der Waals surface area contributed by atoms with E-state index in [1.165, 1.54) is 5.56 Å². The Morgan fingerprint density at radius 2 is 1.68 bits per heavy atom. The molecule has 19 heavy (non-hydrogen) atoms. The third-order valence-electron chi connectivity index (χ3n) is 3.53. The smallest absolute Gasteiger partial charge is 0.282 e. The van der Waals surface area contributed by atoms with Crippen molar-refractivity contribution in [3.63, 3.8) is 0 Å². The molecule has 0 unspecified atom stereocenters. The zero-order chi connectivity index (χ0) is 14.3. The van der Waals surface area contributed by atoms with Crippen LogP contribution >= 0.6 is 0 Å². The summed E-state index contributed by atoms with van der Waals surface area (Å²) in [5.41, 5.74) is 0.947. The van der Waals surface area contributed by atoms with Gasteiger partial charge in [-0.3, -0.25) is 0 Å². The van der Waals surface area contributed by atoms with E-state index in [1.54, 1.807) is 7.11 Å². The van der Waals surface area contributed by atoms with Crippen molar-refractivity contribution < 1.29 is 13.9 Å². The highest BCUT2D eigenvalue weighted by Gasteiger charge is 2.65. The van der Waals surface area contributed by atoms with Gasteiger partial charge in [0.15, 0.2) is 8.32 Å². The Morgan fingerprint density at radius 3 is 2.11 bits per heavy atom. The van der Waals surface area contributed by atoms with Gasteiger partial charge in [0, 0.05) is 7.11 Å². The summed E-state index contributed by atoms with van der Waals surface area (Å²) in [6.45, 7) is 10.7. The van der Waals surface area contributed by atoms with Gasteiger partial charge in [-0.1, -0.05) is 30.3 Å². The van der Waals surface area contributed by atoms with Gasteiger partial charge in [-0.25, -0.2) is 0 Å². The number of methoxy groups -OCH3 is 1. The molecule has 1 aliphatic heterocycles. The lowest BCUT2D eigenvalue weighted by atomic mass is 9.75. The van der Waals surface area contributed by atoms with Crippen LogP contribution in [0.5, 0.6) is 0 Å². The van der Waals surface area contributed by atoms with Crippen molar-refractivity contribution in [2.45, 2.75) is 45.6 Å². The van der Waals surface area contributed by atoms with Crippen LogP contribution < -0.4 is 0 Å².